The molecule has 0 aliphatic rings. The second-order valence-corrected chi connectivity index (χ2v) is 5.94. The number of fused-ring (bicyclic) bond motifs is 1. The van der Waals surface area contributed by atoms with Gasteiger partial charge in [0.1, 0.15) is 11.3 Å². The Morgan fingerprint density at radius 3 is 3.00 bits per heavy atom. The SMILES string of the molecule is ClCc1nc2cc(Br)cnc2n1CCc1cscn1. The molecule has 98 valence electrons. The average molecular weight is 358 g/mol. The van der Waals surface area contributed by atoms with Crippen LogP contribution < -0.4 is 0 Å². The fraction of sp³-hybridized carbons (Fsp3) is 0.250. The van der Waals surface area contributed by atoms with Crippen LogP contribution in [0.3, 0.4) is 0 Å². The topological polar surface area (TPSA) is 43.6 Å². The van der Waals surface area contributed by atoms with Gasteiger partial charge in [-0.15, -0.1) is 22.9 Å². The summed E-state index contributed by atoms with van der Waals surface area (Å²) >= 11 is 11.0. The Morgan fingerprint density at radius 2 is 2.26 bits per heavy atom. The van der Waals surface area contributed by atoms with Crippen LogP contribution in [-0.2, 0) is 18.8 Å². The molecule has 0 radical (unpaired) electrons. The number of aryl methyl sites for hydroxylation is 2. The van der Waals surface area contributed by atoms with Crippen molar-refractivity contribution >= 4 is 50.0 Å². The van der Waals surface area contributed by atoms with Gasteiger partial charge in [0.2, 0.25) is 0 Å². The first-order valence-electron chi connectivity index (χ1n) is 5.71. The van der Waals surface area contributed by atoms with Gasteiger partial charge < -0.3 is 4.57 Å². The van der Waals surface area contributed by atoms with Gasteiger partial charge in [0, 0.05) is 29.0 Å². The van der Waals surface area contributed by atoms with Crippen LogP contribution in [0.1, 0.15) is 11.5 Å². The van der Waals surface area contributed by atoms with E-state index in [-0.39, 0.29) is 0 Å². The normalized spacial score (nSPS) is 11.3. The molecule has 19 heavy (non-hydrogen) atoms. The van der Waals surface area contributed by atoms with Gasteiger partial charge in [0.15, 0.2) is 5.65 Å². The Kier molecular flexibility index (Phi) is 3.81. The van der Waals surface area contributed by atoms with Gasteiger partial charge in [0.05, 0.1) is 17.1 Å². The van der Waals surface area contributed by atoms with E-state index in [0.717, 1.165) is 40.1 Å². The zero-order valence-electron chi connectivity index (χ0n) is 9.88. The van der Waals surface area contributed by atoms with E-state index in [9.17, 15) is 0 Å². The highest BCUT2D eigenvalue weighted by atomic mass is 79.9. The van der Waals surface area contributed by atoms with Crippen LogP contribution in [0, 0.1) is 0 Å². The van der Waals surface area contributed by atoms with Crippen molar-refractivity contribution < 1.29 is 0 Å². The summed E-state index contributed by atoms with van der Waals surface area (Å²) in [6.07, 6.45) is 2.64. The standard InChI is InChI=1S/C12H10BrClN4S/c13-8-3-10-12(15-5-8)18(11(4-14)17-10)2-1-9-6-19-7-16-9/h3,5-7H,1-2,4H2. The first-order chi connectivity index (χ1) is 9.28. The van der Waals surface area contributed by atoms with Crippen molar-refractivity contribution in [2.24, 2.45) is 0 Å². The molecule has 3 heterocycles. The molecule has 0 amide bonds. The molecule has 0 saturated carbocycles. The van der Waals surface area contributed by atoms with Gasteiger partial charge >= 0.3 is 0 Å². The number of halogens is 2. The van der Waals surface area contributed by atoms with Crippen molar-refractivity contribution in [2.75, 3.05) is 0 Å². The van der Waals surface area contributed by atoms with E-state index in [1.165, 1.54) is 0 Å². The van der Waals surface area contributed by atoms with Gasteiger partial charge in [0.25, 0.3) is 0 Å². The summed E-state index contributed by atoms with van der Waals surface area (Å²) in [5.41, 5.74) is 4.67. The van der Waals surface area contributed by atoms with Crippen molar-refractivity contribution in [1.29, 1.82) is 0 Å². The molecule has 0 aromatic carbocycles. The number of hydrogen-bond donors (Lipinski definition) is 0. The Bertz CT molecular complexity index is 695. The lowest BCUT2D eigenvalue weighted by atomic mass is 10.3. The molecule has 7 heteroatoms. The molecular weight excluding hydrogens is 348 g/mol. The molecule has 0 unspecified atom stereocenters. The number of imidazole rings is 1. The third-order valence-corrected chi connectivity index (χ3v) is 4.13. The van der Waals surface area contributed by atoms with E-state index in [0.29, 0.717) is 5.88 Å². The van der Waals surface area contributed by atoms with E-state index < -0.39 is 0 Å². The molecular formula is C12H10BrClN4S. The number of pyridine rings is 1. The predicted octanol–water partition coefficient (Wildman–Crippen LogP) is 3.63. The zero-order valence-corrected chi connectivity index (χ0v) is 13.0. The van der Waals surface area contributed by atoms with Crippen molar-refractivity contribution in [3.8, 4) is 0 Å². The van der Waals surface area contributed by atoms with Gasteiger partial charge in [-0.2, -0.15) is 0 Å². The highest BCUT2D eigenvalue weighted by Gasteiger charge is 2.11. The molecule has 0 bridgehead atoms. The fourth-order valence-corrected chi connectivity index (χ4v) is 3.07. The molecule has 0 aliphatic heterocycles. The number of hydrogen-bond acceptors (Lipinski definition) is 4. The third-order valence-electron chi connectivity index (χ3n) is 2.83. The van der Waals surface area contributed by atoms with Crippen molar-refractivity contribution in [2.45, 2.75) is 18.8 Å². The molecule has 3 aromatic rings. The molecule has 0 N–H and O–H groups in total. The highest BCUT2D eigenvalue weighted by Crippen LogP contribution is 2.20. The molecule has 0 atom stereocenters. The smallest absolute Gasteiger partial charge is 0.160 e. The average Bonchev–Trinajstić information content (AvgIpc) is 3.02. The summed E-state index contributed by atoms with van der Waals surface area (Å²) in [5.74, 6) is 1.22. The lowest BCUT2D eigenvalue weighted by Gasteiger charge is -2.05. The van der Waals surface area contributed by atoms with Crippen molar-refractivity contribution in [3.63, 3.8) is 0 Å². The minimum Gasteiger partial charge on any atom is -0.311 e. The molecule has 0 aliphatic carbocycles. The van der Waals surface area contributed by atoms with Crippen LogP contribution in [0.5, 0.6) is 0 Å². The molecule has 0 spiro atoms. The summed E-state index contributed by atoms with van der Waals surface area (Å²) in [5, 5.41) is 2.06. The van der Waals surface area contributed by atoms with Gasteiger partial charge in [-0.25, -0.2) is 15.0 Å². The summed E-state index contributed by atoms with van der Waals surface area (Å²) in [7, 11) is 0. The maximum Gasteiger partial charge on any atom is 0.160 e. The van der Waals surface area contributed by atoms with Crippen molar-refractivity contribution in [1.82, 2.24) is 19.5 Å². The van der Waals surface area contributed by atoms with E-state index >= 15 is 0 Å². The third kappa shape index (κ3) is 2.66. The van der Waals surface area contributed by atoms with E-state index in [1.807, 2.05) is 11.6 Å². The van der Waals surface area contributed by atoms with Crippen LogP contribution in [-0.4, -0.2) is 19.5 Å². The lowest BCUT2D eigenvalue weighted by molar-refractivity contribution is 0.675. The Morgan fingerprint density at radius 1 is 1.37 bits per heavy atom. The van der Waals surface area contributed by atoms with Crippen LogP contribution in [0.25, 0.3) is 11.2 Å². The number of rotatable bonds is 4. The monoisotopic (exact) mass is 356 g/mol. The summed E-state index contributed by atoms with van der Waals surface area (Å²) in [6, 6.07) is 1.96. The summed E-state index contributed by atoms with van der Waals surface area (Å²) in [4.78, 5) is 13.2. The van der Waals surface area contributed by atoms with Crippen LogP contribution >= 0.6 is 38.9 Å². The van der Waals surface area contributed by atoms with Crippen molar-refractivity contribution in [3.05, 3.63) is 39.1 Å². The second kappa shape index (κ2) is 5.56. The second-order valence-electron chi connectivity index (χ2n) is 4.04. The Balaban J connectivity index is 1.96. The van der Waals surface area contributed by atoms with Crippen LogP contribution in [0.15, 0.2) is 27.6 Å². The minimum atomic E-state index is 0.380. The number of nitrogens with zero attached hydrogens (tertiary/aromatic N) is 4. The molecule has 3 rings (SSSR count). The zero-order chi connectivity index (χ0) is 13.2. The largest absolute Gasteiger partial charge is 0.311 e. The molecule has 0 fully saturated rings. The predicted molar refractivity (Wildman–Crippen MR) is 80.6 cm³/mol. The lowest BCUT2D eigenvalue weighted by Crippen LogP contribution is -2.06. The first kappa shape index (κ1) is 13.0. The van der Waals surface area contributed by atoms with Crippen LogP contribution in [0.2, 0.25) is 0 Å². The Labute approximate surface area is 127 Å². The maximum atomic E-state index is 5.97. The van der Waals surface area contributed by atoms with E-state index in [2.05, 4.69) is 40.8 Å². The maximum absolute atomic E-state index is 5.97. The van der Waals surface area contributed by atoms with Gasteiger partial charge in [-0.3, -0.25) is 0 Å². The summed E-state index contributed by atoms with van der Waals surface area (Å²) in [6.45, 7) is 0.789. The van der Waals surface area contributed by atoms with E-state index in [1.54, 1.807) is 17.5 Å². The number of alkyl halides is 1. The molecule has 4 nitrogen and oxygen atoms in total. The highest BCUT2D eigenvalue weighted by molar-refractivity contribution is 9.10. The Hall–Kier alpha value is -0.980. The van der Waals surface area contributed by atoms with E-state index in [4.69, 9.17) is 11.6 Å². The van der Waals surface area contributed by atoms with Gasteiger partial charge in [-0.1, -0.05) is 0 Å². The van der Waals surface area contributed by atoms with Crippen LogP contribution in [0.4, 0.5) is 0 Å². The number of aromatic nitrogens is 4. The first-order valence-corrected chi connectivity index (χ1v) is 7.98. The van der Waals surface area contributed by atoms with Gasteiger partial charge in [-0.05, 0) is 22.0 Å². The summed E-state index contributed by atoms with van der Waals surface area (Å²) < 4.78 is 2.99. The molecule has 0 saturated heterocycles. The minimum absolute atomic E-state index is 0.380. The molecule has 3 aromatic heterocycles. The quantitative estimate of drug-likeness (QED) is 0.670. The fourth-order valence-electron chi connectivity index (χ4n) is 1.96. The number of thiazole rings is 1.